The highest BCUT2D eigenvalue weighted by Gasteiger charge is 2.31. The zero-order valence-corrected chi connectivity index (χ0v) is 18.8. The highest BCUT2D eigenvalue weighted by atomic mass is 19.1. The molecule has 0 saturated heterocycles. The van der Waals surface area contributed by atoms with Crippen molar-refractivity contribution in [2.75, 3.05) is 12.3 Å². The van der Waals surface area contributed by atoms with E-state index in [-0.39, 0.29) is 17.3 Å². The molecule has 0 radical (unpaired) electrons. The minimum absolute atomic E-state index is 0.149. The van der Waals surface area contributed by atoms with Crippen molar-refractivity contribution in [1.82, 2.24) is 29.2 Å². The van der Waals surface area contributed by atoms with Gasteiger partial charge in [-0.05, 0) is 45.4 Å². The summed E-state index contributed by atoms with van der Waals surface area (Å²) in [6.45, 7) is 8.44. The predicted molar refractivity (Wildman–Crippen MR) is 121 cm³/mol. The number of benzene rings is 1. The number of anilines is 1. The molecule has 1 aliphatic heterocycles. The van der Waals surface area contributed by atoms with Crippen molar-refractivity contribution in [2.45, 2.75) is 40.8 Å². The standard InChI is InChI=1S/C23H24FN7O2/c1-11-9-16(24)20(32)12(2)19(11)31-21(25)17(18-22(31)28-14(4)13(3)27-18)23(33)29-7-8-30-15(10-29)5-6-26-30/h5-6,9,32H,7-8,10,25H2,1-4H3. The number of hydrogen-bond acceptors (Lipinski definition) is 6. The van der Waals surface area contributed by atoms with Crippen LogP contribution in [0.3, 0.4) is 0 Å². The number of carbonyl (C=O) groups excluding carboxylic acids is 1. The monoisotopic (exact) mass is 449 g/mol. The maximum absolute atomic E-state index is 14.2. The summed E-state index contributed by atoms with van der Waals surface area (Å²) in [6.07, 6.45) is 1.72. The Kier molecular flexibility index (Phi) is 4.62. The molecule has 0 saturated carbocycles. The fourth-order valence-corrected chi connectivity index (χ4v) is 4.47. The van der Waals surface area contributed by atoms with Gasteiger partial charge < -0.3 is 15.7 Å². The quantitative estimate of drug-likeness (QED) is 0.486. The van der Waals surface area contributed by atoms with Crippen molar-refractivity contribution in [3.63, 3.8) is 0 Å². The molecule has 3 aromatic heterocycles. The van der Waals surface area contributed by atoms with E-state index < -0.39 is 11.6 Å². The Bertz CT molecular complexity index is 1450. The largest absolute Gasteiger partial charge is 0.505 e. The van der Waals surface area contributed by atoms with E-state index in [1.807, 2.05) is 24.6 Å². The molecule has 0 bridgehead atoms. The third-order valence-electron chi connectivity index (χ3n) is 6.35. The Balaban J connectivity index is 1.75. The van der Waals surface area contributed by atoms with Crippen molar-refractivity contribution in [3.8, 4) is 11.4 Å². The van der Waals surface area contributed by atoms with E-state index in [4.69, 9.17) is 5.73 Å². The van der Waals surface area contributed by atoms with E-state index in [0.29, 0.717) is 59.0 Å². The number of hydrogen-bond donors (Lipinski definition) is 2. The highest BCUT2D eigenvalue weighted by molar-refractivity contribution is 6.10. The van der Waals surface area contributed by atoms with Crippen LogP contribution < -0.4 is 5.73 Å². The molecule has 4 aromatic rings. The molecular formula is C23H24FN7O2. The number of aromatic hydroxyl groups is 1. The molecule has 1 aromatic carbocycles. The van der Waals surface area contributed by atoms with E-state index >= 15 is 0 Å². The smallest absolute Gasteiger partial charge is 0.260 e. The summed E-state index contributed by atoms with van der Waals surface area (Å²) < 4.78 is 17.6. The summed E-state index contributed by atoms with van der Waals surface area (Å²) in [5.74, 6) is -1.30. The lowest BCUT2D eigenvalue weighted by Gasteiger charge is -2.27. The minimum Gasteiger partial charge on any atom is -0.505 e. The van der Waals surface area contributed by atoms with E-state index in [1.165, 1.54) is 6.07 Å². The maximum atomic E-state index is 14.2. The molecule has 33 heavy (non-hydrogen) atoms. The van der Waals surface area contributed by atoms with Crippen LogP contribution in [0.2, 0.25) is 0 Å². The summed E-state index contributed by atoms with van der Waals surface area (Å²) in [5, 5.41) is 14.5. The molecule has 0 atom stereocenters. The van der Waals surface area contributed by atoms with E-state index in [2.05, 4.69) is 15.1 Å². The number of nitrogens with zero attached hydrogens (tertiary/aromatic N) is 6. The van der Waals surface area contributed by atoms with Crippen LogP contribution in [0.15, 0.2) is 18.3 Å². The number of fused-ring (bicyclic) bond motifs is 2. The normalized spacial score (nSPS) is 13.5. The lowest BCUT2D eigenvalue weighted by molar-refractivity contribution is 0.0709. The van der Waals surface area contributed by atoms with Crippen LogP contribution in [0, 0.1) is 33.5 Å². The van der Waals surface area contributed by atoms with Gasteiger partial charge in [0.25, 0.3) is 5.91 Å². The first-order valence-electron chi connectivity index (χ1n) is 10.6. The van der Waals surface area contributed by atoms with Gasteiger partial charge >= 0.3 is 0 Å². The summed E-state index contributed by atoms with van der Waals surface area (Å²) in [5.41, 5.74) is 11.2. The first kappa shape index (κ1) is 20.9. The van der Waals surface area contributed by atoms with Gasteiger partial charge in [-0.1, -0.05) is 0 Å². The number of amides is 1. The molecule has 3 N–H and O–H groups in total. The Labute approximate surface area is 189 Å². The van der Waals surface area contributed by atoms with Crippen molar-refractivity contribution < 1.29 is 14.3 Å². The van der Waals surface area contributed by atoms with Crippen LogP contribution in [0.5, 0.6) is 5.75 Å². The number of phenols is 1. The average Bonchev–Trinajstić information content (AvgIpc) is 3.35. The summed E-state index contributed by atoms with van der Waals surface area (Å²) >= 11 is 0. The second-order valence-electron chi connectivity index (χ2n) is 8.43. The Hall–Kier alpha value is -3.95. The second kappa shape index (κ2) is 7.29. The first-order chi connectivity index (χ1) is 15.7. The van der Waals surface area contributed by atoms with E-state index in [1.54, 1.807) is 29.5 Å². The Morgan fingerprint density at radius 1 is 1.15 bits per heavy atom. The zero-order chi connectivity index (χ0) is 23.6. The minimum atomic E-state index is -0.719. The number of nitrogen functional groups attached to an aromatic ring is 1. The molecule has 4 heterocycles. The van der Waals surface area contributed by atoms with E-state index in [0.717, 1.165) is 5.69 Å². The van der Waals surface area contributed by atoms with Gasteiger partial charge in [0.05, 0.1) is 35.9 Å². The first-order valence-corrected chi connectivity index (χ1v) is 10.6. The number of aryl methyl sites for hydroxylation is 3. The van der Waals surface area contributed by atoms with Crippen LogP contribution >= 0.6 is 0 Å². The van der Waals surface area contributed by atoms with Crippen LogP contribution in [-0.4, -0.2) is 46.8 Å². The van der Waals surface area contributed by atoms with Crippen LogP contribution in [-0.2, 0) is 13.1 Å². The number of rotatable bonds is 2. The zero-order valence-electron chi connectivity index (χ0n) is 18.8. The molecule has 170 valence electrons. The molecule has 0 aliphatic carbocycles. The average molecular weight is 449 g/mol. The predicted octanol–water partition coefficient (Wildman–Crippen LogP) is 2.93. The molecule has 5 rings (SSSR count). The topological polar surface area (TPSA) is 115 Å². The van der Waals surface area contributed by atoms with Crippen molar-refractivity contribution in [3.05, 3.63) is 57.9 Å². The number of nitrogens with two attached hydrogens (primary N) is 1. The Morgan fingerprint density at radius 3 is 2.64 bits per heavy atom. The Morgan fingerprint density at radius 2 is 1.88 bits per heavy atom. The van der Waals surface area contributed by atoms with Gasteiger partial charge in [-0.3, -0.25) is 14.0 Å². The number of carbonyl (C=O) groups is 1. The summed E-state index contributed by atoms with van der Waals surface area (Å²) in [4.78, 5) is 24.8. The van der Waals surface area contributed by atoms with Gasteiger partial charge in [0.15, 0.2) is 17.2 Å². The summed E-state index contributed by atoms with van der Waals surface area (Å²) in [6, 6.07) is 3.12. The lowest BCUT2D eigenvalue weighted by atomic mass is 10.1. The van der Waals surface area contributed by atoms with Gasteiger partial charge in [-0.15, -0.1) is 0 Å². The summed E-state index contributed by atoms with van der Waals surface area (Å²) in [7, 11) is 0. The third-order valence-corrected chi connectivity index (χ3v) is 6.35. The second-order valence-corrected chi connectivity index (χ2v) is 8.43. The SMILES string of the molecule is Cc1cc(F)c(O)c(C)c1-n1c(N)c(C(=O)N2CCn3nccc3C2)c2nc(C)c(C)nc21. The number of halogens is 1. The number of phenolic OH excluding ortho intramolecular Hbond substituents is 1. The van der Waals surface area contributed by atoms with Gasteiger partial charge in [-0.2, -0.15) is 5.10 Å². The van der Waals surface area contributed by atoms with Crippen molar-refractivity contribution >= 4 is 22.9 Å². The van der Waals surface area contributed by atoms with Gasteiger partial charge in [0.1, 0.15) is 16.9 Å². The van der Waals surface area contributed by atoms with Crippen LogP contribution in [0.25, 0.3) is 16.9 Å². The molecule has 10 heteroatoms. The molecular weight excluding hydrogens is 425 g/mol. The van der Waals surface area contributed by atoms with Crippen molar-refractivity contribution in [2.24, 2.45) is 0 Å². The van der Waals surface area contributed by atoms with Crippen LogP contribution in [0.4, 0.5) is 10.2 Å². The van der Waals surface area contributed by atoms with Gasteiger partial charge in [0, 0.05) is 18.3 Å². The lowest BCUT2D eigenvalue weighted by Crippen LogP contribution is -2.38. The number of aromatic nitrogens is 5. The highest BCUT2D eigenvalue weighted by Crippen LogP contribution is 2.37. The fourth-order valence-electron chi connectivity index (χ4n) is 4.47. The molecule has 1 aliphatic rings. The molecule has 0 fully saturated rings. The molecule has 0 unspecified atom stereocenters. The van der Waals surface area contributed by atoms with Crippen molar-refractivity contribution in [1.29, 1.82) is 0 Å². The fraction of sp³-hybridized carbons (Fsp3) is 0.304. The third kappa shape index (κ3) is 3.05. The van der Waals surface area contributed by atoms with E-state index in [9.17, 15) is 14.3 Å². The van der Waals surface area contributed by atoms with Crippen LogP contribution in [0.1, 0.15) is 38.6 Å². The molecule has 9 nitrogen and oxygen atoms in total. The molecule has 1 amide bonds. The maximum Gasteiger partial charge on any atom is 0.260 e. The van der Waals surface area contributed by atoms with Gasteiger partial charge in [0.2, 0.25) is 0 Å². The molecule has 0 spiro atoms. The van der Waals surface area contributed by atoms with Gasteiger partial charge in [-0.25, -0.2) is 14.4 Å².